The third kappa shape index (κ3) is 9.39. The van der Waals surface area contributed by atoms with E-state index in [1.54, 1.807) is 0 Å². The summed E-state index contributed by atoms with van der Waals surface area (Å²) in [5, 5.41) is 0. The number of hydrogen-bond donors (Lipinski definition) is 0. The minimum absolute atomic E-state index is 0. The van der Waals surface area contributed by atoms with Gasteiger partial charge in [0, 0.05) is 11.8 Å². The molecule has 0 radical (unpaired) electrons. The first-order valence-electron chi connectivity index (χ1n) is 13.1. The zero-order valence-corrected chi connectivity index (χ0v) is 31.7. The molecule has 0 aromatic heterocycles. The summed E-state index contributed by atoms with van der Waals surface area (Å²) in [6.45, 7) is 0. The van der Waals surface area contributed by atoms with Crippen molar-refractivity contribution in [1.29, 1.82) is 0 Å². The third-order valence-corrected chi connectivity index (χ3v) is 7.27. The first-order chi connectivity index (χ1) is 19.3. The molecule has 4 aromatic rings. The van der Waals surface area contributed by atoms with Crippen LogP contribution >= 0.6 is 17.0 Å². The molecule has 0 bridgehead atoms. The van der Waals surface area contributed by atoms with Crippen molar-refractivity contribution in [1.82, 2.24) is 0 Å². The fourth-order valence-corrected chi connectivity index (χ4v) is 5.79. The van der Waals surface area contributed by atoms with Crippen molar-refractivity contribution in [3.05, 3.63) is 175 Å². The summed E-state index contributed by atoms with van der Waals surface area (Å²) in [6.07, 6.45) is 20.0. The third-order valence-electron chi connectivity index (χ3n) is 7.27. The van der Waals surface area contributed by atoms with Gasteiger partial charge in [-0.3, -0.25) is 12.2 Å². The molecule has 0 nitrogen and oxygen atoms in total. The van der Waals surface area contributed by atoms with Crippen LogP contribution in [0.15, 0.2) is 134 Å². The smallest absolute Gasteiger partial charge is 0.0619 e. The average molecular weight is 800 g/mol. The molecule has 216 valence electrons. The molecule has 0 unspecified atom stereocenters. The predicted octanol–water partition coefficient (Wildman–Crippen LogP) is 5.06. The maximum absolute atomic E-state index is 4.93. The molecule has 6 heteroatoms. The van der Waals surface area contributed by atoms with E-state index in [1.165, 1.54) is 44.5 Å². The second-order valence-corrected chi connectivity index (χ2v) is 13.1. The van der Waals surface area contributed by atoms with Crippen LogP contribution in [0.2, 0.25) is 0 Å². The maximum Gasteiger partial charge on any atom is 4.00 e. The molecule has 0 spiro atoms. The fraction of sp³-hybridized carbons (Fsp3) is 0.108. The molecular weight excluding hydrogens is 769 g/mol. The topological polar surface area (TPSA) is 0 Å². The quantitative estimate of drug-likeness (QED) is 0.237. The largest absolute Gasteiger partial charge is 4.00 e. The van der Waals surface area contributed by atoms with Gasteiger partial charge < -0.3 is 32.2 Å². The molecule has 4 aliphatic carbocycles. The Morgan fingerprint density at radius 1 is 0.512 bits per heavy atom. The Hall–Kier alpha value is -1.23. The van der Waals surface area contributed by atoms with Crippen molar-refractivity contribution < 1.29 is 71.9 Å². The van der Waals surface area contributed by atoms with E-state index >= 15 is 0 Å². The van der Waals surface area contributed by atoms with E-state index in [4.69, 9.17) is 17.0 Å². The van der Waals surface area contributed by atoms with E-state index in [1.807, 2.05) is 24.3 Å². The van der Waals surface area contributed by atoms with Crippen LogP contribution in [-0.2, 0) is 47.1 Å². The molecule has 43 heavy (non-hydrogen) atoms. The van der Waals surface area contributed by atoms with Gasteiger partial charge in [0.2, 0.25) is 0 Å². The van der Waals surface area contributed by atoms with Crippen LogP contribution in [0.5, 0.6) is 0 Å². The fourth-order valence-electron chi connectivity index (χ4n) is 5.79. The van der Waals surface area contributed by atoms with Crippen LogP contribution in [0.25, 0.3) is 22.3 Å². The van der Waals surface area contributed by atoms with E-state index < -0.39 is 20.8 Å². The summed E-state index contributed by atoms with van der Waals surface area (Å²) in [6, 6.07) is 35.8. The van der Waals surface area contributed by atoms with Gasteiger partial charge in [-0.05, 0) is 44.5 Å². The van der Waals surface area contributed by atoms with Crippen molar-refractivity contribution in [2.45, 2.75) is 24.7 Å². The molecular formula is C37H31Cl4Zr2-. The van der Waals surface area contributed by atoms with Crippen LogP contribution in [-0.4, -0.2) is 0 Å². The number of rotatable bonds is 1. The van der Waals surface area contributed by atoms with E-state index in [0.717, 1.165) is 12.8 Å². The number of benzene rings is 4. The summed E-state index contributed by atoms with van der Waals surface area (Å²) in [5.74, 6) is 0.763. The Morgan fingerprint density at radius 2 is 0.767 bits per heavy atom. The number of allylic oxidation sites excluding steroid dienone is 8. The van der Waals surface area contributed by atoms with Crippen molar-refractivity contribution >= 4 is 17.0 Å². The van der Waals surface area contributed by atoms with Gasteiger partial charge in [-0.2, -0.15) is 12.2 Å². The number of hydrogen-bond acceptors (Lipinski definition) is 0. The summed E-state index contributed by atoms with van der Waals surface area (Å²) in [7, 11) is 9.87. The van der Waals surface area contributed by atoms with Gasteiger partial charge in [0.1, 0.15) is 0 Å². The van der Waals surface area contributed by atoms with Crippen LogP contribution in [0.1, 0.15) is 46.9 Å². The molecule has 0 N–H and O–H groups in total. The Kier molecular flexibility index (Phi) is 19.2. The molecule has 0 atom stereocenters. The number of halogens is 4. The van der Waals surface area contributed by atoms with Gasteiger partial charge in [0.25, 0.3) is 0 Å². The number of fused-ring (bicyclic) bond motifs is 6. The van der Waals surface area contributed by atoms with Crippen LogP contribution in [0, 0.1) is 19.6 Å². The Morgan fingerprint density at radius 3 is 0.953 bits per heavy atom. The van der Waals surface area contributed by atoms with Crippen LogP contribution in [0.3, 0.4) is 0 Å². The summed E-state index contributed by atoms with van der Waals surface area (Å²) < 4.78 is 0. The second kappa shape index (κ2) is 20.7. The summed E-state index contributed by atoms with van der Waals surface area (Å²) in [4.78, 5) is 0. The first-order valence-corrected chi connectivity index (χ1v) is 19.4. The van der Waals surface area contributed by atoms with E-state index in [9.17, 15) is 0 Å². The Bertz CT molecular complexity index is 1320. The van der Waals surface area contributed by atoms with E-state index in [2.05, 4.69) is 121 Å². The summed E-state index contributed by atoms with van der Waals surface area (Å²) >= 11 is -0.826. The normalized spacial score (nSPS) is 13.3. The van der Waals surface area contributed by atoms with Gasteiger partial charge in [-0.25, -0.2) is 24.3 Å². The monoisotopic (exact) mass is 795 g/mol. The minimum atomic E-state index is -0.826. The molecule has 0 fully saturated rings. The zero-order valence-electron chi connectivity index (χ0n) is 23.8. The standard InChI is InChI=1S/C26H18.2C5H5.CH3.4ClH.2Zr/c1-5-13-21-17(9-1)18-10-2-6-14-22(18)25(21)26-23-15-7-3-11-19(23)20-12-4-8-16-24(20)26;2*1-2-4-5-3-1;;;;;;;/h1-16,25-26H;2*1-3H,4H2;1H3;4*1H;;/q;3*-1;;;;;+2;+4/p-4. The van der Waals surface area contributed by atoms with Crippen molar-refractivity contribution in [3.8, 4) is 22.3 Å². The molecule has 8 rings (SSSR count). The van der Waals surface area contributed by atoms with Gasteiger partial charge in [0.05, 0.1) is 0 Å². The van der Waals surface area contributed by atoms with E-state index in [0.29, 0.717) is 11.8 Å². The van der Waals surface area contributed by atoms with Crippen molar-refractivity contribution in [2.75, 3.05) is 0 Å². The van der Waals surface area contributed by atoms with Gasteiger partial charge in [0.15, 0.2) is 0 Å². The second-order valence-electron chi connectivity index (χ2n) is 9.38. The first kappa shape index (κ1) is 39.8. The maximum atomic E-state index is 4.93. The van der Waals surface area contributed by atoms with Crippen molar-refractivity contribution in [2.24, 2.45) is 0 Å². The van der Waals surface area contributed by atoms with E-state index in [-0.39, 0.29) is 58.4 Å². The molecule has 0 heterocycles. The summed E-state index contributed by atoms with van der Waals surface area (Å²) in [5.41, 5.74) is 11.4. The Labute approximate surface area is 308 Å². The van der Waals surface area contributed by atoms with Gasteiger partial charge >= 0.3 is 64.1 Å². The molecule has 0 aliphatic heterocycles. The van der Waals surface area contributed by atoms with Gasteiger partial charge in [-0.15, -0.1) is 12.8 Å². The van der Waals surface area contributed by atoms with Crippen LogP contribution in [0.4, 0.5) is 0 Å². The van der Waals surface area contributed by atoms with Crippen molar-refractivity contribution in [3.63, 3.8) is 0 Å². The Balaban J connectivity index is 0.000000459. The minimum Gasteiger partial charge on any atom is -0.0619 e. The molecule has 0 saturated heterocycles. The molecule has 0 amide bonds. The van der Waals surface area contributed by atoms with Crippen LogP contribution < -0.4 is 24.8 Å². The molecule has 4 aromatic carbocycles. The zero-order chi connectivity index (χ0) is 26.9. The SMILES string of the molecule is [C-]1=CC=CC1.[C-]1=CC=CC1.[CH3-].[Cl-].[Cl-].[Cl][Zr][Cl].[Zr+4].c1ccc2c(c1)-c1ccccc1C2C1c2ccccc2-c2ccccc21. The van der Waals surface area contributed by atoms with Gasteiger partial charge in [-0.1, -0.05) is 97.1 Å². The predicted molar refractivity (Wildman–Crippen MR) is 169 cm³/mol. The molecule has 0 saturated carbocycles. The molecule has 4 aliphatic rings. The average Bonchev–Trinajstić information content (AvgIpc) is 3.81.